The molecule has 0 amide bonds. The number of nitrogens with zero attached hydrogens (tertiary/aromatic N) is 2. The van der Waals surface area contributed by atoms with E-state index in [-0.39, 0.29) is 0 Å². The summed E-state index contributed by atoms with van der Waals surface area (Å²) < 4.78 is 4.71. The Morgan fingerprint density at radius 2 is 1.50 bits per heavy atom. The molecule has 3 nitrogen and oxygen atoms in total. The normalized spacial score (nSPS) is 11.3. The van der Waals surface area contributed by atoms with Crippen LogP contribution in [0.1, 0.15) is 25.3 Å². The van der Waals surface area contributed by atoms with Crippen LogP contribution in [-0.4, -0.2) is 10.3 Å². The van der Waals surface area contributed by atoms with Crippen molar-refractivity contribution >= 4 is 11.0 Å². The van der Waals surface area contributed by atoms with Gasteiger partial charge in [0.05, 0.1) is 0 Å². The zero-order chi connectivity index (χ0) is 12.5. The monoisotopic (exact) mass is 238 g/mol. The third kappa shape index (κ3) is 1.88. The molecule has 0 saturated carbocycles. The summed E-state index contributed by atoms with van der Waals surface area (Å²) >= 11 is 0. The molecule has 0 N–H and O–H groups in total. The Balaban J connectivity index is 2.02. The average molecular weight is 238 g/mol. The minimum Gasteiger partial charge on any atom is -0.243 e. The van der Waals surface area contributed by atoms with Gasteiger partial charge in [0.15, 0.2) is 0 Å². The van der Waals surface area contributed by atoms with Crippen LogP contribution in [0.2, 0.25) is 0 Å². The Labute approximate surface area is 105 Å². The standard InChI is InChI=1S/C15H14N2O/c1-10(2)11-3-5-12(6-4-11)13-7-8-14-15(9-13)17-18-16-14/h3-10H,1-2H3. The number of rotatable bonds is 2. The third-order valence-electron chi connectivity index (χ3n) is 3.16. The molecule has 0 saturated heterocycles. The lowest BCUT2D eigenvalue weighted by Crippen LogP contribution is -1.86. The van der Waals surface area contributed by atoms with E-state index in [0.29, 0.717) is 5.92 Å². The molecule has 0 aliphatic heterocycles. The van der Waals surface area contributed by atoms with Gasteiger partial charge in [0.2, 0.25) is 0 Å². The molecule has 0 aliphatic rings. The molecule has 3 aromatic rings. The maximum absolute atomic E-state index is 4.71. The molecule has 0 spiro atoms. The molecule has 0 bridgehead atoms. The van der Waals surface area contributed by atoms with Crippen LogP contribution in [0.4, 0.5) is 0 Å². The van der Waals surface area contributed by atoms with E-state index in [1.807, 2.05) is 18.2 Å². The van der Waals surface area contributed by atoms with Gasteiger partial charge in [-0.25, -0.2) is 4.63 Å². The molecule has 90 valence electrons. The number of benzene rings is 2. The van der Waals surface area contributed by atoms with Crippen molar-refractivity contribution in [3.05, 3.63) is 48.0 Å². The largest absolute Gasteiger partial charge is 0.243 e. The minimum atomic E-state index is 0.557. The maximum atomic E-state index is 4.71. The van der Waals surface area contributed by atoms with Crippen LogP contribution in [0.25, 0.3) is 22.2 Å². The van der Waals surface area contributed by atoms with Crippen molar-refractivity contribution in [2.45, 2.75) is 19.8 Å². The van der Waals surface area contributed by atoms with Crippen molar-refractivity contribution in [2.75, 3.05) is 0 Å². The van der Waals surface area contributed by atoms with Gasteiger partial charge in [-0.15, -0.1) is 0 Å². The summed E-state index contributed by atoms with van der Waals surface area (Å²) in [5.74, 6) is 0.557. The van der Waals surface area contributed by atoms with Crippen LogP contribution in [0.15, 0.2) is 47.1 Å². The fourth-order valence-corrected chi connectivity index (χ4v) is 2.02. The van der Waals surface area contributed by atoms with Gasteiger partial charge >= 0.3 is 0 Å². The van der Waals surface area contributed by atoms with Crippen molar-refractivity contribution < 1.29 is 4.63 Å². The van der Waals surface area contributed by atoms with E-state index in [9.17, 15) is 0 Å². The molecule has 1 heterocycles. The molecule has 3 rings (SSSR count). The van der Waals surface area contributed by atoms with Crippen LogP contribution >= 0.6 is 0 Å². The van der Waals surface area contributed by atoms with E-state index in [0.717, 1.165) is 16.6 Å². The number of fused-ring (bicyclic) bond motifs is 1. The molecule has 0 unspecified atom stereocenters. The predicted octanol–water partition coefficient (Wildman–Crippen LogP) is 4.01. The zero-order valence-corrected chi connectivity index (χ0v) is 10.4. The first-order valence-corrected chi connectivity index (χ1v) is 6.07. The Kier molecular flexibility index (Phi) is 2.59. The van der Waals surface area contributed by atoms with Crippen LogP contribution in [0, 0.1) is 0 Å². The summed E-state index contributed by atoms with van der Waals surface area (Å²) in [6.45, 7) is 4.39. The summed E-state index contributed by atoms with van der Waals surface area (Å²) in [7, 11) is 0. The van der Waals surface area contributed by atoms with Gasteiger partial charge in [-0.1, -0.05) is 44.2 Å². The highest BCUT2D eigenvalue weighted by atomic mass is 16.6. The van der Waals surface area contributed by atoms with Crippen LogP contribution in [-0.2, 0) is 0 Å². The Hall–Kier alpha value is -2.16. The highest BCUT2D eigenvalue weighted by Gasteiger charge is 2.04. The molecular formula is C15H14N2O. The molecular weight excluding hydrogens is 224 g/mol. The van der Waals surface area contributed by atoms with E-state index in [1.165, 1.54) is 11.1 Å². The van der Waals surface area contributed by atoms with E-state index in [2.05, 4.69) is 48.4 Å². The second-order valence-corrected chi connectivity index (χ2v) is 4.74. The molecule has 0 aliphatic carbocycles. The van der Waals surface area contributed by atoms with Gasteiger partial charge in [0, 0.05) is 0 Å². The van der Waals surface area contributed by atoms with Gasteiger partial charge in [0.1, 0.15) is 11.0 Å². The van der Waals surface area contributed by atoms with E-state index >= 15 is 0 Å². The van der Waals surface area contributed by atoms with Crippen LogP contribution < -0.4 is 0 Å². The van der Waals surface area contributed by atoms with Gasteiger partial charge in [-0.3, -0.25) is 0 Å². The van der Waals surface area contributed by atoms with Crippen LogP contribution in [0.5, 0.6) is 0 Å². The predicted molar refractivity (Wildman–Crippen MR) is 71.3 cm³/mol. The van der Waals surface area contributed by atoms with E-state index in [1.54, 1.807) is 0 Å². The van der Waals surface area contributed by atoms with Gasteiger partial charge in [-0.05, 0) is 45.1 Å². The average Bonchev–Trinajstić information content (AvgIpc) is 2.86. The Morgan fingerprint density at radius 3 is 2.22 bits per heavy atom. The second kappa shape index (κ2) is 4.26. The first kappa shape index (κ1) is 11.0. The first-order chi connectivity index (χ1) is 8.74. The number of hydrogen-bond acceptors (Lipinski definition) is 3. The lowest BCUT2D eigenvalue weighted by atomic mass is 9.99. The molecule has 0 atom stereocenters. The van der Waals surface area contributed by atoms with Crippen molar-refractivity contribution in [1.82, 2.24) is 10.3 Å². The molecule has 0 radical (unpaired) electrons. The fourth-order valence-electron chi connectivity index (χ4n) is 2.02. The van der Waals surface area contributed by atoms with E-state index in [4.69, 9.17) is 4.63 Å². The topological polar surface area (TPSA) is 38.9 Å². The fraction of sp³-hybridized carbons (Fsp3) is 0.200. The SMILES string of the molecule is CC(C)c1ccc(-c2ccc3nonc3c2)cc1. The maximum Gasteiger partial charge on any atom is 0.135 e. The first-order valence-electron chi connectivity index (χ1n) is 6.07. The van der Waals surface area contributed by atoms with Gasteiger partial charge < -0.3 is 0 Å². The molecule has 1 aromatic heterocycles. The van der Waals surface area contributed by atoms with E-state index < -0.39 is 0 Å². The van der Waals surface area contributed by atoms with Crippen molar-refractivity contribution in [1.29, 1.82) is 0 Å². The quantitative estimate of drug-likeness (QED) is 0.677. The van der Waals surface area contributed by atoms with Gasteiger partial charge in [0.25, 0.3) is 0 Å². The number of hydrogen-bond donors (Lipinski definition) is 0. The van der Waals surface area contributed by atoms with Gasteiger partial charge in [-0.2, -0.15) is 0 Å². The minimum absolute atomic E-state index is 0.557. The second-order valence-electron chi connectivity index (χ2n) is 4.74. The summed E-state index contributed by atoms with van der Waals surface area (Å²) in [6.07, 6.45) is 0. The molecule has 2 aromatic carbocycles. The Morgan fingerprint density at radius 1 is 0.833 bits per heavy atom. The summed E-state index contributed by atoms with van der Waals surface area (Å²) in [5, 5.41) is 7.67. The lowest BCUT2D eigenvalue weighted by molar-refractivity contribution is 0.315. The summed E-state index contributed by atoms with van der Waals surface area (Å²) in [6, 6.07) is 14.6. The number of aromatic nitrogens is 2. The molecule has 3 heteroatoms. The highest BCUT2D eigenvalue weighted by Crippen LogP contribution is 2.24. The highest BCUT2D eigenvalue weighted by molar-refractivity contribution is 5.80. The summed E-state index contributed by atoms with van der Waals surface area (Å²) in [5.41, 5.74) is 5.25. The molecule has 18 heavy (non-hydrogen) atoms. The summed E-state index contributed by atoms with van der Waals surface area (Å²) in [4.78, 5) is 0. The van der Waals surface area contributed by atoms with Crippen molar-refractivity contribution in [3.63, 3.8) is 0 Å². The molecule has 0 fully saturated rings. The smallest absolute Gasteiger partial charge is 0.135 e. The Bertz CT molecular complexity index is 668. The van der Waals surface area contributed by atoms with Crippen molar-refractivity contribution in [2.24, 2.45) is 0 Å². The van der Waals surface area contributed by atoms with Crippen molar-refractivity contribution in [3.8, 4) is 11.1 Å². The third-order valence-corrected chi connectivity index (χ3v) is 3.16. The lowest BCUT2D eigenvalue weighted by Gasteiger charge is -2.06. The zero-order valence-electron chi connectivity index (χ0n) is 10.4. The van der Waals surface area contributed by atoms with Crippen LogP contribution in [0.3, 0.4) is 0 Å².